The number of halogens is 1. The summed E-state index contributed by atoms with van der Waals surface area (Å²) < 4.78 is 49.9. The van der Waals surface area contributed by atoms with Crippen molar-refractivity contribution < 1.29 is 43.1 Å². The Hall–Kier alpha value is -3.31. The number of nitrogens with zero attached hydrogens (tertiary/aromatic N) is 1. The molecule has 8 nitrogen and oxygen atoms in total. The van der Waals surface area contributed by atoms with Crippen LogP contribution in [-0.2, 0) is 0 Å². The molecule has 182 valence electrons. The molecule has 0 amide bonds. The smallest absolute Gasteiger partial charge is 0.331 e. The Labute approximate surface area is 209 Å². The molecule has 0 atom stereocenters. The van der Waals surface area contributed by atoms with Crippen LogP contribution in [-0.4, -0.2) is 26.3 Å². The van der Waals surface area contributed by atoms with E-state index in [-0.39, 0.29) is 0 Å². The van der Waals surface area contributed by atoms with E-state index in [9.17, 15) is 0 Å². The van der Waals surface area contributed by atoms with Crippen LogP contribution in [0.3, 0.4) is 0 Å². The fourth-order valence-corrected chi connectivity index (χ4v) is 4.12. The van der Waals surface area contributed by atoms with Crippen LogP contribution < -0.4 is 32.8 Å². The van der Waals surface area contributed by atoms with E-state index >= 15 is 0 Å². The number of ether oxygens (including phenoxy) is 3. The van der Waals surface area contributed by atoms with Gasteiger partial charge in [0.25, 0.3) is 11.3 Å². The van der Waals surface area contributed by atoms with Gasteiger partial charge in [-0.05, 0) is 72.8 Å². The van der Waals surface area contributed by atoms with Crippen molar-refractivity contribution in [3.05, 3.63) is 78.9 Å². The van der Waals surface area contributed by atoms with Crippen molar-refractivity contribution in [2.75, 3.05) is 21.3 Å². The molecule has 4 aromatic rings. The van der Waals surface area contributed by atoms with E-state index in [4.69, 9.17) is 37.8 Å². The van der Waals surface area contributed by atoms with Gasteiger partial charge in [-0.3, -0.25) is 0 Å². The molecule has 0 saturated carbocycles. The monoisotopic (exact) mass is 515 g/mol. The normalized spacial score (nSPS) is 10.7. The van der Waals surface area contributed by atoms with Crippen LogP contribution in [0.2, 0.25) is 0 Å². The van der Waals surface area contributed by atoms with Crippen molar-refractivity contribution in [3.8, 4) is 49.5 Å². The van der Waals surface area contributed by atoms with Gasteiger partial charge in [-0.15, -0.1) is 10.2 Å². The third-order valence-corrected chi connectivity index (χ3v) is 5.89. The first-order valence-corrected chi connectivity index (χ1v) is 12.2. The molecule has 3 aromatic carbocycles. The van der Waals surface area contributed by atoms with Crippen LogP contribution in [0.25, 0.3) is 32.3 Å². The second-order valence-electron chi connectivity index (χ2n) is 6.98. The van der Waals surface area contributed by atoms with Crippen LogP contribution in [0.1, 0.15) is 0 Å². The summed E-state index contributed by atoms with van der Waals surface area (Å²) in [4.78, 5) is 6.09. The highest BCUT2D eigenvalue weighted by Gasteiger charge is 2.21. The van der Waals surface area contributed by atoms with Crippen molar-refractivity contribution in [1.82, 2.24) is 4.98 Å². The highest BCUT2D eigenvalue weighted by atomic mass is 35.7. The van der Waals surface area contributed by atoms with Gasteiger partial charge in [-0.1, -0.05) is 0 Å². The summed E-state index contributed by atoms with van der Waals surface area (Å²) in [5.74, 6) is 2.48. The molecule has 0 radical (unpaired) electrons. The molecule has 1 heterocycles. The van der Waals surface area contributed by atoms with Crippen LogP contribution in [0.5, 0.6) is 17.2 Å². The number of hydrogen-bond acceptors (Lipinski definition) is 8. The summed E-state index contributed by atoms with van der Waals surface area (Å²) in [6.07, 6.45) is 0. The molecular weight excluding hydrogens is 494 g/mol. The Morgan fingerprint density at radius 1 is 0.600 bits per heavy atom. The zero-order valence-corrected chi connectivity index (χ0v) is 20.7. The molecule has 0 bridgehead atoms. The largest absolute Gasteiger partial charge is 0.497 e. The van der Waals surface area contributed by atoms with Crippen LogP contribution in [0.15, 0.2) is 78.9 Å². The fourth-order valence-electron chi connectivity index (χ4n) is 3.09. The summed E-state index contributed by atoms with van der Waals surface area (Å²) in [5.41, 5.74) is 4.11. The maximum atomic E-state index is 8.49. The van der Waals surface area contributed by atoms with Gasteiger partial charge >= 0.3 is 5.01 Å². The second-order valence-corrected chi connectivity index (χ2v) is 8.76. The zero-order valence-electron chi connectivity index (χ0n) is 19.1. The van der Waals surface area contributed by atoms with Crippen molar-refractivity contribution in [2.24, 2.45) is 0 Å². The minimum Gasteiger partial charge on any atom is -0.497 e. The van der Waals surface area contributed by atoms with E-state index in [1.54, 1.807) is 32.7 Å². The first-order chi connectivity index (χ1) is 16.7. The van der Waals surface area contributed by atoms with E-state index in [1.165, 1.54) is 0 Å². The molecule has 0 N–H and O–H groups in total. The van der Waals surface area contributed by atoms with Crippen LogP contribution in [0.4, 0.5) is 0 Å². The first-order valence-electron chi connectivity index (χ1n) is 10.1. The maximum absolute atomic E-state index is 8.49. The fraction of sp³-hybridized carbons (Fsp3) is 0.120. The van der Waals surface area contributed by atoms with Gasteiger partial charge in [-0.2, -0.15) is 4.98 Å². The lowest BCUT2D eigenvalue weighted by Crippen LogP contribution is -2.68. The van der Waals surface area contributed by atoms with E-state index in [0.717, 1.165) is 49.5 Å². The summed E-state index contributed by atoms with van der Waals surface area (Å²) in [6, 6.07) is 26.2. The molecule has 0 aliphatic heterocycles. The minimum absolute atomic E-state index is 0.822. The molecule has 0 unspecified atom stereocenters. The first kappa shape index (κ1) is 26.3. The van der Waals surface area contributed by atoms with Gasteiger partial charge in [0.1, 0.15) is 17.2 Å². The molecule has 10 heteroatoms. The zero-order chi connectivity index (χ0) is 25.4. The van der Waals surface area contributed by atoms with Crippen molar-refractivity contribution in [1.29, 1.82) is 0 Å². The molecule has 4 rings (SSSR count). The van der Waals surface area contributed by atoms with Gasteiger partial charge in [0.15, 0.2) is 0 Å². The lowest BCUT2D eigenvalue weighted by Gasteiger charge is -2.17. The van der Waals surface area contributed by atoms with E-state index < -0.39 is 10.2 Å². The van der Waals surface area contributed by atoms with Gasteiger partial charge in [0.2, 0.25) is 4.88 Å². The number of rotatable bonds is 6. The van der Waals surface area contributed by atoms with Gasteiger partial charge in [0, 0.05) is 17.2 Å². The number of benzene rings is 3. The highest BCUT2D eigenvalue weighted by Crippen LogP contribution is 2.36. The van der Waals surface area contributed by atoms with E-state index in [2.05, 4.69) is 18.2 Å². The van der Waals surface area contributed by atoms with Gasteiger partial charge < -0.3 is 14.2 Å². The molecule has 1 aromatic heterocycles. The average molecular weight is 516 g/mol. The number of aromatic nitrogens is 1. The topological polar surface area (TPSA) is 133 Å². The van der Waals surface area contributed by atoms with Crippen molar-refractivity contribution in [3.63, 3.8) is 0 Å². The summed E-state index contributed by atoms with van der Waals surface area (Å²) >= 11 is 1.65. The summed E-state index contributed by atoms with van der Waals surface area (Å²) in [6.45, 7) is 0. The summed E-state index contributed by atoms with van der Waals surface area (Å²) in [7, 11) is 0.0661. The van der Waals surface area contributed by atoms with Crippen molar-refractivity contribution >= 4 is 11.3 Å². The van der Waals surface area contributed by atoms with Gasteiger partial charge in [0.05, 0.1) is 32.6 Å². The molecule has 0 fully saturated rings. The minimum atomic E-state index is -4.94. The Morgan fingerprint density at radius 3 is 1.37 bits per heavy atom. The molecule has 35 heavy (non-hydrogen) atoms. The van der Waals surface area contributed by atoms with E-state index in [0.29, 0.717) is 0 Å². The third kappa shape index (κ3) is 7.86. The van der Waals surface area contributed by atoms with Gasteiger partial charge in [-0.25, -0.2) is 18.6 Å². The standard InChI is InChI=1S/C25H22NO3S.ClHO4/c1-27-20-10-4-17(5-11-20)23-16-24(18-6-12-21(28-2)13-7-18)30-25(26-23)19-8-14-22(29-3)15-9-19;2-1(3,4)5/h4-16H,1-3H3;(H,2,3,4,5)/q+1;/p-1. The molecule has 0 saturated heterocycles. The van der Waals surface area contributed by atoms with Crippen LogP contribution >= 0.6 is 11.3 Å². The Bertz CT molecular complexity index is 1060. The molecule has 0 spiro atoms. The molecule has 0 aliphatic rings. The Balaban J connectivity index is 0.000000623. The lowest BCUT2D eigenvalue weighted by atomic mass is 10.1. The van der Waals surface area contributed by atoms with E-state index in [1.807, 2.05) is 60.7 Å². The Kier molecular flexibility index (Phi) is 8.94. The highest BCUT2D eigenvalue weighted by molar-refractivity contribution is 7.18. The predicted octanol–water partition coefficient (Wildman–Crippen LogP) is 1.69. The number of hydrogen-bond donors (Lipinski definition) is 0. The van der Waals surface area contributed by atoms with Crippen LogP contribution in [0, 0.1) is 10.2 Å². The molecular formula is C25H22ClNO7S. The number of methoxy groups -OCH3 is 3. The average Bonchev–Trinajstić information content (AvgIpc) is 2.87. The third-order valence-electron chi connectivity index (χ3n) is 4.79. The lowest BCUT2D eigenvalue weighted by molar-refractivity contribution is -2.00. The second kappa shape index (κ2) is 11.9. The Morgan fingerprint density at radius 2 is 0.971 bits per heavy atom. The maximum Gasteiger partial charge on any atom is 0.331 e. The summed E-state index contributed by atoms with van der Waals surface area (Å²) in [5, 5.41) is 0.941. The SMILES string of the molecule is COc1ccc(-c2cc(-c3ccc(OC)cc3)[s+]c(-c3ccc(OC)cc3)n2)cc1.[O-][Cl+3]([O-])([O-])[O-]. The predicted molar refractivity (Wildman–Crippen MR) is 122 cm³/mol. The quantitative estimate of drug-likeness (QED) is 0.354. The van der Waals surface area contributed by atoms with Crippen molar-refractivity contribution in [2.45, 2.75) is 0 Å². The molecule has 0 aliphatic carbocycles.